The highest BCUT2D eigenvalue weighted by molar-refractivity contribution is 5.40. The van der Waals surface area contributed by atoms with Crippen LogP contribution in [0.4, 0.5) is 19.0 Å². The monoisotopic (exact) mass is 264 g/mol. The molecular formula is C11H15F3N2O2. The molecular weight excluding hydrogens is 249 g/mol. The van der Waals surface area contributed by atoms with Crippen LogP contribution >= 0.6 is 0 Å². The number of aliphatic hydroxyl groups is 2. The maximum absolute atomic E-state index is 12.5. The lowest BCUT2D eigenvalue weighted by atomic mass is 10.2. The molecule has 0 saturated heterocycles. The molecule has 4 nitrogen and oxygen atoms in total. The van der Waals surface area contributed by atoms with Crippen molar-refractivity contribution in [2.24, 2.45) is 0 Å². The lowest BCUT2D eigenvalue weighted by Crippen LogP contribution is -2.17. The van der Waals surface area contributed by atoms with Gasteiger partial charge in [-0.15, -0.1) is 0 Å². The van der Waals surface area contributed by atoms with Gasteiger partial charge in [0.25, 0.3) is 0 Å². The highest BCUT2D eigenvalue weighted by Gasteiger charge is 2.31. The zero-order chi connectivity index (χ0) is 13.8. The van der Waals surface area contributed by atoms with Gasteiger partial charge in [-0.05, 0) is 25.5 Å². The summed E-state index contributed by atoms with van der Waals surface area (Å²) < 4.78 is 37.6. The molecule has 1 unspecified atom stereocenters. The van der Waals surface area contributed by atoms with E-state index in [2.05, 4.69) is 10.3 Å². The summed E-state index contributed by atoms with van der Waals surface area (Å²) in [6.45, 7) is 1.33. The first-order chi connectivity index (χ1) is 8.32. The number of nitrogens with one attached hydrogen (secondary N) is 1. The van der Waals surface area contributed by atoms with Gasteiger partial charge in [0.2, 0.25) is 0 Å². The number of pyridine rings is 1. The molecule has 0 fully saturated rings. The molecule has 1 heterocycles. The molecule has 1 aromatic rings. The molecule has 102 valence electrons. The fraction of sp³-hybridized carbons (Fsp3) is 0.545. The molecule has 1 aromatic heterocycles. The largest absolute Gasteiger partial charge is 0.416 e. The van der Waals surface area contributed by atoms with E-state index in [-0.39, 0.29) is 31.1 Å². The van der Waals surface area contributed by atoms with Crippen LogP contribution in [-0.2, 0) is 6.18 Å². The zero-order valence-corrected chi connectivity index (χ0v) is 9.83. The topological polar surface area (TPSA) is 65.4 Å². The van der Waals surface area contributed by atoms with Crippen LogP contribution in [0.5, 0.6) is 0 Å². The fourth-order valence-electron chi connectivity index (χ4n) is 1.38. The number of alkyl halides is 3. The van der Waals surface area contributed by atoms with Gasteiger partial charge in [0.1, 0.15) is 5.82 Å². The van der Waals surface area contributed by atoms with Crippen LogP contribution in [0.3, 0.4) is 0 Å². The minimum absolute atomic E-state index is 0.104. The Bertz CT molecular complexity index is 396. The second-order valence-corrected chi connectivity index (χ2v) is 3.93. The molecule has 0 amide bonds. The standard InChI is InChI=1S/C11H15F3N2O2/c1-7-4-8(11(12,13)14)5-10(16-7)15-3-2-9(18)6-17/h4-5,9,17-18H,2-3,6H2,1H3,(H,15,16). The first kappa shape index (κ1) is 14.7. The van der Waals surface area contributed by atoms with E-state index in [9.17, 15) is 13.2 Å². The second-order valence-electron chi connectivity index (χ2n) is 3.93. The number of aromatic nitrogens is 1. The van der Waals surface area contributed by atoms with Crippen molar-refractivity contribution in [2.45, 2.75) is 25.6 Å². The summed E-state index contributed by atoms with van der Waals surface area (Å²) in [5, 5.41) is 20.3. The Morgan fingerprint density at radius 1 is 1.39 bits per heavy atom. The first-order valence-electron chi connectivity index (χ1n) is 5.41. The van der Waals surface area contributed by atoms with Crippen LogP contribution in [-0.4, -0.2) is 34.5 Å². The summed E-state index contributed by atoms with van der Waals surface area (Å²) in [5.41, 5.74) is -0.504. The van der Waals surface area contributed by atoms with Crippen LogP contribution in [0, 0.1) is 6.92 Å². The van der Waals surface area contributed by atoms with E-state index >= 15 is 0 Å². The summed E-state index contributed by atoms with van der Waals surface area (Å²) in [6, 6.07) is 1.88. The van der Waals surface area contributed by atoms with Gasteiger partial charge in [0.05, 0.1) is 18.3 Å². The Balaban J connectivity index is 2.69. The normalized spacial score (nSPS) is 13.4. The molecule has 0 saturated carbocycles. The van der Waals surface area contributed by atoms with E-state index in [0.29, 0.717) is 0 Å². The summed E-state index contributed by atoms with van der Waals surface area (Å²) in [4.78, 5) is 3.91. The zero-order valence-electron chi connectivity index (χ0n) is 9.83. The van der Waals surface area contributed by atoms with Crippen molar-refractivity contribution in [3.63, 3.8) is 0 Å². The Kier molecular flexibility index (Phi) is 4.92. The lowest BCUT2D eigenvalue weighted by molar-refractivity contribution is -0.137. The summed E-state index contributed by atoms with van der Waals surface area (Å²) in [5.74, 6) is 0.104. The number of rotatable bonds is 5. The maximum Gasteiger partial charge on any atom is 0.416 e. The van der Waals surface area contributed by atoms with Crippen molar-refractivity contribution >= 4 is 5.82 Å². The molecule has 18 heavy (non-hydrogen) atoms. The molecule has 0 aliphatic heterocycles. The van der Waals surface area contributed by atoms with Crippen molar-refractivity contribution in [1.82, 2.24) is 4.98 Å². The molecule has 0 aliphatic rings. The maximum atomic E-state index is 12.5. The molecule has 7 heteroatoms. The predicted molar refractivity (Wildman–Crippen MR) is 60.2 cm³/mol. The van der Waals surface area contributed by atoms with Gasteiger partial charge < -0.3 is 15.5 Å². The lowest BCUT2D eigenvalue weighted by Gasteiger charge is -2.12. The van der Waals surface area contributed by atoms with Crippen LogP contribution in [0.2, 0.25) is 0 Å². The van der Waals surface area contributed by atoms with Gasteiger partial charge in [-0.25, -0.2) is 4.98 Å². The van der Waals surface area contributed by atoms with E-state index < -0.39 is 17.8 Å². The average molecular weight is 264 g/mol. The van der Waals surface area contributed by atoms with Crippen LogP contribution < -0.4 is 5.32 Å². The number of halogens is 3. The number of anilines is 1. The molecule has 0 aromatic carbocycles. The quantitative estimate of drug-likeness (QED) is 0.755. The molecule has 3 N–H and O–H groups in total. The van der Waals surface area contributed by atoms with Gasteiger partial charge >= 0.3 is 6.18 Å². The highest BCUT2D eigenvalue weighted by atomic mass is 19.4. The van der Waals surface area contributed by atoms with Crippen molar-refractivity contribution in [1.29, 1.82) is 0 Å². The first-order valence-corrected chi connectivity index (χ1v) is 5.41. The predicted octanol–water partition coefficient (Wildman–Crippen LogP) is 1.56. The number of nitrogens with zero attached hydrogens (tertiary/aromatic N) is 1. The van der Waals surface area contributed by atoms with E-state index in [4.69, 9.17) is 10.2 Å². The highest BCUT2D eigenvalue weighted by Crippen LogP contribution is 2.30. The molecule has 1 rings (SSSR count). The SMILES string of the molecule is Cc1cc(C(F)(F)F)cc(NCCC(O)CO)n1. The third kappa shape index (κ3) is 4.50. The van der Waals surface area contributed by atoms with Gasteiger partial charge in [0.15, 0.2) is 0 Å². The second kappa shape index (κ2) is 6.01. The van der Waals surface area contributed by atoms with Gasteiger partial charge in [-0.1, -0.05) is 0 Å². The van der Waals surface area contributed by atoms with Crippen LogP contribution in [0.25, 0.3) is 0 Å². The minimum Gasteiger partial charge on any atom is -0.394 e. The van der Waals surface area contributed by atoms with Crippen LogP contribution in [0.15, 0.2) is 12.1 Å². The number of hydrogen-bond acceptors (Lipinski definition) is 4. The van der Waals surface area contributed by atoms with Crippen molar-refractivity contribution in [3.8, 4) is 0 Å². The molecule has 0 bridgehead atoms. The number of aryl methyl sites for hydroxylation is 1. The Hall–Kier alpha value is -1.34. The molecule has 0 aliphatic carbocycles. The Morgan fingerprint density at radius 2 is 2.06 bits per heavy atom. The fourth-order valence-corrected chi connectivity index (χ4v) is 1.38. The van der Waals surface area contributed by atoms with Crippen molar-refractivity contribution in [3.05, 3.63) is 23.4 Å². The summed E-state index contributed by atoms with van der Waals surface area (Å²) >= 11 is 0. The van der Waals surface area contributed by atoms with Gasteiger partial charge in [0, 0.05) is 12.2 Å². The summed E-state index contributed by atoms with van der Waals surface area (Å²) in [7, 11) is 0. The van der Waals surface area contributed by atoms with Crippen molar-refractivity contribution < 1.29 is 23.4 Å². The average Bonchev–Trinajstić information content (AvgIpc) is 2.27. The van der Waals surface area contributed by atoms with Crippen molar-refractivity contribution in [2.75, 3.05) is 18.5 Å². The minimum atomic E-state index is -4.41. The summed E-state index contributed by atoms with van der Waals surface area (Å²) in [6.07, 6.45) is -5.06. The smallest absolute Gasteiger partial charge is 0.394 e. The van der Waals surface area contributed by atoms with E-state index in [1.165, 1.54) is 6.92 Å². The molecule has 0 radical (unpaired) electrons. The van der Waals surface area contributed by atoms with Crippen LogP contribution in [0.1, 0.15) is 17.7 Å². The van der Waals surface area contributed by atoms with E-state index in [1.807, 2.05) is 0 Å². The third-order valence-corrected chi connectivity index (χ3v) is 2.28. The molecule has 1 atom stereocenters. The van der Waals surface area contributed by atoms with E-state index in [0.717, 1.165) is 12.1 Å². The van der Waals surface area contributed by atoms with Gasteiger partial charge in [-0.3, -0.25) is 0 Å². The van der Waals surface area contributed by atoms with E-state index in [1.54, 1.807) is 0 Å². The van der Waals surface area contributed by atoms with Gasteiger partial charge in [-0.2, -0.15) is 13.2 Å². The Morgan fingerprint density at radius 3 is 2.61 bits per heavy atom. The Labute approximate surface area is 102 Å². The number of hydrogen-bond donors (Lipinski definition) is 3. The third-order valence-electron chi connectivity index (χ3n) is 2.28. The number of aliphatic hydroxyl groups excluding tert-OH is 2. The molecule has 0 spiro atoms.